The van der Waals surface area contributed by atoms with Gasteiger partial charge in [0.25, 0.3) is 0 Å². The number of benzene rings is 1. The highest BCUT2D eigenvalue weighted by atomic mass is 79.9. The number of amides is 1. The number of rotatable bonds is 7. The summed E-state index contributed by atoms with van der Waals surface area (Å²) in [5, 5.41) is 15.3. The van der Waals surface area contributed by atoms with Crippen molar-refractivity contribution in [3.05, 3.63) is 28.7 Å². The molecule has 0 radical (unpaired) electrons. The predicted octanol–water partition coefficient (Wildman–Crippen LogP) is 2.77. The molecule has 0 spiro atoms. The average Bonchev–Trinajstić information content (AvgIpc) is 2.37. The number of halogens is 1. The Kier molecular flexibility index (Phi) is 7.19. The summed E-state index contributed by atoms with van der Waals surface area (Å²) in [5.41, 5.74) is 0.786. The smallest absolute Gasteiger partial charge is 0.225 e. The van der Waals surface area contributed by atoms with Gasteiger partial charge < -0.3 is 15.7 Å². The average molecular weight is 343 g/mol. The zero-order chi connectivity index (χ0) is 15.1. The van der Waals surface area contributed by atoms with Gasteiger partial charge in [0.1, 0.15) is 0 Å². The van der Waals surface area contributed by atoms with E-state index in [2.05, 4.69) is 26.6 Å². The van der Waals surface area contributed by atoms with Crippen molar-refractivity contribution in [2.75, 3.05) is 11.9 Å². The maximum atomic E-state index is 11.9. The Morgan fingerprint density at radius 2 is 2.05 bits per heavy atom. The number of anilines is 1. The second-order valence-corrected chi connectivity index (χ2v) is 6.19. The molecule has 0 saturated heterocycles. The van der Waals surface area contributed by atoms with E-state index in [1.54, 1.807) is 0 Å². The number of carbonyl (C=O) groups excluding carboxylic acids is 1. The highest BCUT2D eigenvalue weighted by Gasteiger charge is 2.16. The van der Waals surface area contributed by atoms with Crippen molar-refractivity contribution in [2.24, 2.45) is 5.92 Å². The highest BCUT2D eigenvalue weighted by Crippen LogP contribution is 2.16. The molecule has 0 aromatic heterocycles. The molecule has 112 valence electrons. The molecule has 3 N–H and O–H groups in total. The Labute approximate surface area is 129 Å². The molecule has 20 heavy (non-hydrogen) atoms. The lowest BCUT2D eigenvalue weighted by molar-refractivity contribution is -0.116. The van der Waals surface area contributed by atoms with Gasteiger partial charge in [-0.05, 0) is 38.0 Å². The largest absolute Gasteiger partial charge is 0.396 e. The van der Waals surface area contributed by atoms with Crippen LogP contribution in [-0.4, -0.2) is 29.7 Å². The van der Waals surface area contributed by atoms with Crippen LogP contribution in [0.4, 0.5) is 5.69 Å². The third-order valence-electron chi connectivity index (χ3n) is 3.29. The van der Waals surface area contributed by atoms with Gasteiger partial charge in [-0.3, -0.25) is 4.79 Å². The van der Waals surface area contributed by atoms with Gasteiger partial charge in [0, 0.05) is 35.3 Å². The van der Waals surface area contributed by atoms with Crippen LogP contribution < -0.4 is 10.6 Å². The lowest BCUT2D eigenvalue weighted by atomic mass is 10.0. The molecular formula is C15H23BrN2O2. The van der Waals surface area contributed by atoms with Crippen molar-refractivity contribution < 1.29 is 9.90 Å². The van der Waals surface area contributed by atoms with Crippen molar-refractivity contribution in [3.63, 3.8) is 0 Å². The second kappa shape index (κ2) is 8.39. The van der Waals surface area contributed by atoms with Crippen molar-refractivity contribution >= 4 is 27.5 Å². The molecule has 0 fully saturated rings. The third kappa shape index (κ3) is 6.03. The Balaban J connectivity index is 2.42. The fraction of sp³-hybridized carbons (Fsp3) is 0.533. The van der Waals surface area contributed by atoms with Crippen LogP contribution in [0.15, 0.2) is 28.7 Å². The Morgan fingerprint density at radius 3 is 2.65 bits per heavy atom. The number of carbonyl (C=O) groups is 1. The van der Waals surface area contributed by atoms with Crippen molar-refractivity contribution in [2.45, 2.75) is 39.3 Å². The first-order valence-electron chi connectivity index (χ1n) is 6.84. The Morgan fingerprint density at radius 1 is 1.35 bits per heavy atom. The van der Waals surface area contributed by atoms with E-state index in [9.17, 15) is 4.79 Å². The van der Waals surface area contributed by atoms with E-state index in [-0.39, 0.29) is 30.5 Å². The zero-order valence-electron chi connectivity index (χ0n) is 12.2. The molecular weight excluding hydrogens is 320 g/mol. The minimum Gasteiger partial charge on any atom is -0.396 e. The van der Waals surface area contributed by atoms with E-state index in [1.165, 1.54) is 0 Å². The van der Waals surface area contributed by atoms with Gasteiger partial charge in [0.15, 0.2) is 0 Å². The summed E-state index contributed by atoms with van der Waals surface area (Å²) in [6.45, 7) is 6.11. The molecule has 0 bridgehead atoms. The first-order valence-corrected chi connectivity index (χ1v) is 7.64. The SMILES string of the molecule is CC(CC(=O)Nc1cccc(Br)c1)NC(C)C(C)CO. The summed E-state index contributed by atoms with van der Waals surface area (Å²) < 4.78 is 0.937. The van der Waals surface area contributed by atoms with Crippen LogP contribution in [0.25, 0.3) is 0 Å². The van der Waals surface area contributed by atoms with Crippen molar-refractivity contribution in [3.8, 4) is 0 Å². The van der Waals surface area contributed by atoms with Gasteiger partial charge >= 0.3 is 0 Å². The summed E-state index contributed by atoms with van der Waals surface area (Å²) >= 11 is 3.37. The van der Waals surface area contributed by atoms with Gasteiger partial charge in [-0.15, -0.1) is 0 Å². The number of hydrogen-bond acceptors (Lipinski definition) is 3. The minimum atomic E-state index is -0.0213. The molecule has 0 heterocycles. The van der Waals surface area contributed by atoms with E-state index in [0.29, 0.717) is 6.42 Å². The molecule has 3 atom stereocenters. The van der Waals surface area contributed by atoms with E-state index in [1.807, 2.05) is 45.0 Å². The third-order valence-corrected chi connectivity index (χ3v) is 3.78. The van der Waals surface area contributed by atoms with Gasteiger partial charge in [-0.2, -0.15) is 0 Å². The Hall–Kier alpha value is -0.910. The number of hydrogen-bond donors (Lipinski definition) is 3. The highest BCUT2D eigenvalue weighted by molar-refractivity contribution is 9.10. The zero-order valence-corrected chi connectivity index (χ0v) is 13.8. The van der Waals surface area contributed by atoms with Crippen LogP contribution in [0.3, 0.4) is 0 Å². The molecule has 0 aliphatic heterocycles. The number of nitrogens with one attached hydrogen (secondary N) is 2. The fourth-order valence-electron chi connectivity index (χ4n) is 1.89. The molecule has 0 aliphatic rings. The monoisotopic (exact) mass is 342 g/mol. The van der Waals surface area contributed by atoms with Gasteiger partial charge in [-0.25, -0.2) is 0 Å². The summed E-state index contributed by atoms with van der Waals surface area (Å²) in [6.07, 6.45) is 0.398. The topological polar surface area (TPSA) is 61.4 Å². The first kappa shape index (κ1) is 17.1. The number of aliphatic hydroxyl groups excluding tert-OH is 1. The fourth-order valence-corrected chi connectivity index (χ4v) is 2.29. The summed E-state index contributed by atoms with van der Waals surface area (Å²) in [6, 6.07) is 7.76. The number of aliphatic hydroxyl groups is 1. The predicted molar refractivity (Wildman–Crippen MR) is 85.7 cm³/mol. The lowest BCUT2D eigenvalue weighted by Gasteiger charge is -2.23. The van der Waals surface area contributed by atoms with E-state index in [4.69, 9.17) is 5.11 Å². The summed E-state index contributed by atoms with van der Waals surface area (Å²) in [4.78, 5) is 11.9. The molecule has 1 aromatic rings. The van der Waals surface area contributed by atoms with Crippen LogP contribution in [0.1, 0.15) is 27.2 Å². The normalized spacial score (nSPS) is 15.4. The van der Waals surface area contributed by atoms with E-state index >= 15 is 0 Å². The van der Waals surface area contributed by atoms with Crippen LogP contribution in [0.5, 0.6) is 0 Å². The van der Waals surface area contributed by atoms with Gasteiger partial charge in [0.05, 0.1) is 0 Å². The van der Waals surface area contributed by atoms with Crippen LogP contribution in [-0.2, 0) is 4.79 Å². The van der Waals surface area contributed by atoms with Crippen LogP contribution >= 0.6 is 15.9 Å². The first-order chi connectivity index (χ1) is 9.42. The molecule has 3 unspecified atom stereocenters. The maximum absolute atomic E-state index is 11.9. The Bertz CT molecular complexity index is 440. The molecule has 0 saturated carbocycles. The molecule has 1 amide bonds. The molecule has 5 heteroatoms. The standard InChI is InChI=1S/C15H23BrN2O2/c1-10(9-19)12(3)17-11(2)7-15(20)18-14-6-4-5-13(16)8-14/h4-6,8,10-12,17,19H,7,9H2,1-3H3,(H,18,20). The molecule has 1 aromatic carbocycles. The molecule has 0 aliphatic carbocycles. The molecule has 4 nitrogen and oxygen atoms in total. The van der Waals surface area contributed by atoms with E-state index in [0.717, 1.165) is 10.2 Å². The quantitative estimate of drug-likeness (QED) is 0.713. The second-order valence-electron chi connectivity index (χ2n) is 5.28. The van der Waals surface area contributed by atoms with Crippen molar-refractivity contribution in [1.82, 2.24) is 5.32 Å². The maximum Gasteiger partial charge on any atom is 0.225 e. The van der Waals surface area contributed by atoms with Crippen LogP contribution in [0.2, 0.25) is 0 Å². The van der Waals surface area contributed by atoms with E-state index < -0.39 is 0 Å². The minimum absolute atomic E-state index is 0.0213. The lowest BCUT2D eigenvalue weighted by Crippen LogP contribution is -2.41. The summed E-state index contributed by atoms with van der Waals surface area (Å²) in [7, 11) is 0. The van der Waals surface area contributed by atoms with Crippen molar-refractivity contribution in [1.29, 1.82) is 0 Å². The van der Waals surface area contributed by atoms with Gasteiger partial charge in [0.2, 0.25) is 5.91 Å². The molecule has 1 rings (SSSR count). The van der Waals surface area contributed by atoms with Crippen LogP contribution in [0, 0.1) is 5.92 Å². The summed E-state index contributed by atoms with van der Waals surface area (Å²) in [5.74, 6) is 0.151. The van der Waals surface area contributed by atoms with Gasteiger partial charge in [-0.1, -0.05) is 28.9 Å².